The van der Waals surface area contributed by atoms with Crippen molar-refractivity contribution in [3.63, 3.8) is 0 Å². The van der Waals surface area contributed by atoms with E-state index in [1.807, 2.05) is 0 Å². The standard InChI is InChI=1S/C19H36O2.H2O2/c1-3-4-5-6-7-8-9-10-11-12-13-14-15-16-17-18-19(20)21-2;1-2/h10-11H,3-9,12-18H2,1-2H3;1-2H/b11-10-;. The Morgan fingerprint density at radius 2 is 1.22 bits per heavy atom. The topological polar surface area (TPSA) is 66.8 Å². The molecule has 0 aliphatic rings. The van der Waals surface area contributed by atoms with Gasteiger partial charge in [-0.3, -0.25) is 15.3 Å². The van der Waals surface area contributed by atoms with Crippen LogP contribution in [0.5, 0.6) is 0 Å². The van der Waals surface area contributed by atoms with Crippen molar-refractivity contribution in [1.82, 2.24) is 0 Å². The van der Waals surface area contributed by atoms with E-state index in [1.54, 1.807) is 0 Å². The SMILES string of the molecule is CCCCCCCC/C=C\CCCCCCCC(=O)OC.OO. The maximum absolute atomic E-state index is 10.9. The van der Waals surface area contributed by atoms with Crippen LogP contribution in [0.25, 0.3) is 0 Å². The van der Waals surface area contributed by atoms with Crippen LogP contribution in [-0.4, -0.2) is 23.6 Å². The van der Waals surface area contributed by atoms with Crippen molar-refractivity contribution >= 4 is 5.97 Å². The summed E-state index contributed by atoms with van der Waals surface area (Å²) in [5.41, 5.74) is 0. The van der Waals surface area contributed by atoms with E-state index >= 15 is 0 Å². The molecule has 0 saturated carbocycles. The quantitative estimate of drug-likeness (QED) is 0.123. The largest absolute Gasteiger partial charge is 0.469 e. The lowest BCUT2D eigenvalue weighted by Crippen LogP contribution is -1.98. The van der Waals surface area contributed by atoms with E-state index in [2.05, 4.69) is 23.8 Å². The van der Waals surface area contributed by atoms with Crippen LogP contribution in [0.4, 0.5) is 0 Å². The third kappa shape index (κ3) is 23.5. The first-order chi connectivity index (χ1) is 11.3. The van der Waals surface area contributed by atoms with Crippen LogP contribution in [0.1, 0.15) is 96.8 Å². The molecule has 0 bridgehead atoms. The number of carbonyl (C=O) groups is 1. The molecule has 0 unspecified atom stereocenters. The van der Waals surface area contributed by atoms with Crippen LogP contribution in [0.15, 0.2) is 12.2 Å². The summed E-state index contributed by atoms with van der Waals surface area (Å²) in [6.45, 7) is 2.27. The number of rotatable bonds is 15. The molecule has 0 rings (SSSR count). The lowest BCUT2D eigenvalue weighted by Gasteiger charge is -2.00. The summed E-state index contributed by atoms with van der Waals surface area (Å²) in [6, 6.07) is 0. The monoisotopic (exact) mass is 330 g/mol. The minimum atomic E-state index is -0.0763. The number of hydrogen-bond acceptors (Lipinski definition) is 4. The minimum Gasteiger partial charge on any atom is -0.469 e. The molecular formula is C19H38O4. The van der Waals surface area contributed by atoms with E-state index in [1.165, 1.54) is 77.7 Å². The number of carbonyl (C=O) groups excluding carboxylic acids is 1. The number of methoxy groups -OCH3 is 1. The molecule has 0 atom stereocenters. The second-order valence-electron chi connectivity index (χ2n) is 5.91. The summed E-state index contributed by atoms with van der Waals surface area (Å²) in [5.74, 6) is -0.0763. The summed E-state index contributed by atoms with van der Waals surface area (Å²) in [4.78, 5) is 10.9. The molecular weight excluding hydrogens is 292 g/mol. The van der Waals surface area contributed by atoms with Gasteiger partial charge in [0.25, 0.3) is 0 Å². The van der Waals surface area contributed by atoms with Gasteiger partial charge in [0.2, 0.25) is 0 Å². The zero-order chi connectivity index (χ0) is 17.6. The van der Waals surface area contributed by atoms with Gasteiger partial charge in [0.1, 0.15) is 0 Å². The third-order valence-corrected chi connectivity index (χ3v) is 3.87. The fraction of sp³-hybridized carbons (Fsp3) is 0.842. The van der Waals surface area contributed by atoms with Crippen LogP contribution < -0.4 is 0 Å². The normalized spacial score (nSPS) is 10.4. The summed E-state index contributed by atoms with van der Waals surface area (Å²) in [7, 11) is 1.46. The zero-order valence-electron chi connectivity index (χ0n) is 15.3. The number of hydrogen-bond donors (Lipinski definition) is 2. The Kier molecular flexibility index (Phi) is 24.8. The van der Waals surface area contributed by atoms with E-state index in [4.69, 9.17) is 10.5 Å². The van der Waals surface area contributed by atoms with Crippen molar-refractivity contribution in [1.29, 1.82) is 0 Å². The van der Waals surface area contributed by atoms with Crippen LogP contribution in [0.3, 0.4) is 0 Å². The lowest BCUT2D eigenvalue weighted by molar-refractivity contribution is -0.176. The first-order valence-electron chi connectivity index (χ1n) is 9.23. The molecule has 4 heteroatoms. The lowest BCUT2D eigenvalue weighted by atomic mass is 10.1. The van der Waals surface area contributed by atoms with Gasteiger partial charge < -0.3 is 4.74 Å². The van der Waals surface area contributed by atoms with Crippen molar-refractivity contribution in [3.8, 4) is 0 Å². The predicted octanol–water partition coefficient (Wildman–Crippen LogP) is 6.21. The van der Waals surface area contributed by atoms with E-state index in [0.717, 1.165) is 12.8 Å². The number of esters is 1. The molecule has 23 heavy (non-hydrogen) atoms. The van der Waals surface area contributed by atoms with Crippen molar-refractivity contribution in [2.24, 2.45) is 0 Å². The van der Waals surface area contributed by atoms with Crippen LogP contribution >= 0.6 is 0 Å². The molecule has 0 aromatic rings. The van der Waals surface area contributed by atoms with Crippen molar-refractivity contribution < 1.29 is 20.0 Å². The highest BCUT2D eigenvalue weighted by molar-refractivity contribution is 5.68. The van der Waals surface area contributed by atoms with Gasteiger partial charge in [-0.25, -0.2) is 0 Å². The molecule has 0 aliphatic heterocycles. The zero-order valence-corrected chi connectivity index (χ0v) is 15.3. The van der Waals surface area contributed by atoms with Gasteiger partial charge >= 0.3 is 5.97 Å². The molecule has 0 fully saturated rings. The molecule has 0 amide bonds. The van der Waals surface area contributed by atoms with E-state index in [9.17, 15) is 4.79 Å². The van der Waals surface area contributed by atoms with Gasteiger partial charge in [0.15, 0.2) is 0 Å². The van der Waals surface area contributed by atoms with Crippen molar-refractivity contribution in [2.45, 2.75) is 96.8 Å². The summed E-state index contributed by atoms with van der Waals surface area (Å²) in [6.07, 6.45) is 22.0. The highest BCUT2D eigenvalue weighted by atomic mass is 17.0. The third-order valence-electron chi connectivity index (χ3n) is 3.87. The average Bonchev–Trinajstić information content (AvgIpc) is 2.59. The average molecular weight is 331 g/mol. The van der Waals surface area contributed by atoms with Crippen LogP contribution in [0, 0.1) is 0 Å². The Morgan fingerprint density at radius 1 is 0.783 bits per heavy atom. The molecule has 0 saturated heterocycles. The Labute approximate surface area is 142 Å². The van der Waals surface area contributed by atoms with Gasteiger partial charge in [-0.15, -0.1) is 0 Å². The van der Waals surface area contributed by atoms with E-state index in [0.29, 0.717) is 6.42 Å². The smallest absolute Gasteiger partial charge is 0.305 e. The second kappa shape index (κ2) is 23.4. The van der Waals surface area contributed by atoms with E-state index < -0.39 is 0 Å². The molecule has 0 heterocycles. The van der Waals surface area contributed by atoms with Crippen LogP contribution in [0.2, 0.25) is 0 Å². The first kappa shape index (κ1) is 24.4. The summed E-state index contributed by atoms with van der Waals surface area (Å²) in [5, 5.41) is 12.0. The van der Waals surface area contributed by atoms with Gasteiger partial charge in [0, 0.05) is 6.42 Å². The van der Waals surface area contributed by atoms with Crippen molar-refractivity contribution in [2.75, 3.05) is 7.11 Å². The fourth-order valence-electron chi connectivity index (χ4n) is 2.44. The molecule has 4 nitrogen and oxygen atoms in total. The number of ether oxygens (including phenoxy) is 1. The van der Waals surface area contributed by atoms with Gasteiger partial charge in [-0.05, 0) is 32.1 Å². The number of allylic oxidation sites excluding steroid dienone is 2. The fourth-order valence-corrected chi connectivity index (χ4v) is 2.44. The first-order valence-corrected chi connectivity index (χ1v) is 9.23. The Morgan fingerprint density at radius 3 is 1.70 bits per heavy atom. The molecule has 0 aromatic heterocycles. The Balaban J connectivity index is 0. The predicted molar refractivity (Wildman–Crippen MR) is 96.7 cm³/mol. The molecule has 0 aromatic carbocycles. The van der Waals surface area contributed by atoms with Crippen LogP contribution in [-0.2, 0) is 9.53 Å². The summed E-state index contributed by atoms with van der Waals surface area (Å²) >= 11 is 0. The van der Waals surface area contributed by atoms with E-state index in [-0.39, 0.29) is 5.97 Å². The Hall–Kier alpha value is -0.870. The number of unbranched alkanes of at least 4 members (excludes halogenated alkanes) is 11. The minimum absolute atomic E-state index is 0.0763. The molecule has 2 N–H and O–H groups in total. The van der Waals surface area contributed by atoms with Gasteiger partial charge in [-0.2, -0.15) is 0 Å². The van der Waals surface area contributed by atoms with Gasteiger partial charge in [0.05, 0.1) is 7.11 Å². The molecule has 138 valence electrons. The molecule has 0 radical (unpaired) electrons. The second-order valence-corrected chi connectivity index (χ2v) is 5.91. The van der Waals surface area contributed by atoms with Gasteiger partial charge in [-0.1, -0.05) is 70.4 Å². The van der Waals surface area contributed by atoms with Crippen molar-refractivity contribution in [3.05, 3.63) is 12.2 Å². The summed E-state index contributed by atoms with van der Waals surface area (Å²) < 4.78 is 4.62. The molecule has 0 spiro atoms. The Bertz CT molecular complexity index is 252. The highest BCUT2D eigenvalue weighted by Crippen LogP contribution is 2.10. The highest BCUT2D eigenvalue weighted by Gasteiger charge is 1.98. The molecule has 0 aliphatic carbocycles. The maximum Gasteiger partial charge on any atom is 0.305 e. The maximum atomic E-state index is 10.9.